The van der Waals surface area contributed by atoms with Gasteiger partial charge in [0, 0.05) is 25.0 Å². The van der Waals surface area contributed by atoms with Crippen molar-refractivity contribution in [2.45, 2.75) is 19.9 Å². The van der Waals surface area contributed by atoms with Gasteiger partial charge in [-0.2, -0.15) is 0 Å². The molecular weight excluding hydrogens is 254 g/mol. The van der Waals surface area contributed by atoms with Crippen molar-refractivity contribution in [3.05, 3.63) is 36.1 Å². The van der Waals surface area contributed by atoms with Crippen LogP contribution < -0.4 is 0 Å². The Morgan fingerprint density at radius 2 is 2.25 bits per heavy atom. The molecule has 0 spiro atoms. The number of hydrogen-bond donors (Lipinski definition) is 1. The number of nitrogens with zero attached hydrogens (tertiary/aromatic N) is 1. The van der Waals surface area contributed by atoms with E-state index >= 15 is 0 Å². The molecule has 0 amide bonds. The van der Waals surface area contributed by atoms with Crippen molar-refractivity contribution in [2.75, 3.05) is 13.1 Å². The Morgan fingerprint density at radius 3 is 3.05 bits per heavy atom. The second kappa shape index (κ2) is 5.29. The van der Waals surface area contributed by atoms with E-state index in [2.05, 4.69) is 24.0 Å². The lowest BCUT2D eigenvalue weighted by Crippen LogP contribution is -2.41. The van der Waals surface area contributed by atoms with Gasteiger partial charge in [0.15, 0.2) is 0 Å². The van der Waals surface area contributed by atoms with Gasteiger partial charge in [-0.3, -0.25) is 9.69 Å². The SMILES string of the molecule is CC1CC(C(=O)O)CN(Cc2ccc3occc3c2)C1. The maximum Gasteiger partial charge on any atom is 0.307 e. The van der Waals surface area contributed by atoms with E-state index in [0.29, 0.717) is 12.5 Å². The molecule has 106 valence electrons. The van der Waals surface area contributed by atoms with Crippen LogP contribution in [0, 0.1) is 11.8 Å². The Labute approximate surface area is 118 Å². The van der Waals surface area contributed by atoms with Crippen molar-refractivity contribution in [3.8, 4) is 0 Å². The van der Waals surface area contributed by atoms with Crippen LogP contribution in [-0.2, 0) is 11.3 Å². The normalized spacial score (nSPS) is 24.1. The zero-order valence-corrected chi connectivity index (χ0v) is 11.6. The summed E-state index contributed by atoms with van der Waals surface area (Å²) < 4.78 is 5.34. The standard InChI is InChI=1S/C16H19NO3/c1-11-6-14(16(18)19)10-17(8-11)9-12-2-3-15-13(7-12)4-5-20-15/h2-5,7,11,14H,6,8-10H2,1H3,(H,18,19). The van der Waals surface area contributed by atoms with Gasteiger partial charge in [0.25, 0.3) is 0 Å². The number of benzene rings is 1. The summed E-state index contributed by atoms with van der Waals surface area (Å²) in [7, 11) is 0. The third kappa shape index (κ3) is 2.70. The zero-order chi connectivity index (χ0) is 14.1. The molecule has 0 saturated carbocycles. The number of hydrogen-bond acceptors (Lipinski definition) is 3. The molecule has 2 atom stereocenters. The predicted octanol–water partition coefficient (Wildman–Crippen LogP) is 2.98. The van der Waals surface area contributed by atoms with E-state index in [9.17, 15) is 9.90 Å². The Balaban J connectivity index is 1.74. The highest BCUT2D eigenvalue weighted by Gasteiger charge is 2.29. The summed E-state index contributed by atoms with van der Waals surface area (Å²) in [6.45, 7) is 4.53. The summed E-state index contributed by atoms with van der Waals surface area (Å²) in [5.74, 6) is -0.481. The molecule has 1 aromatic carbocycles. The molecule has 0 bridgehead atoms. The van der Waals surface area contributed by atoms with Crippen LogP contribution in [0.3, 0.4) is 0 Å². The monoisotopic (exact) mass is 273 g/mol. The van der Waals surface area contributed by atoms with E-state index in [1.165, 1.54) is 5.56 Å². The van der Waals surface area contributed by atoms with Gasteiger partial charge in [0.05, 0.1) is 12.2 Å². The van der Waals surface area contributed by atoms with Gasteiger partial charge in [-0.05, 0) is 36.1 Å². The van der Waals surface area contributed by atoms with Crippen LogP contribution in [-0.4, -0.2) is 29.1 Å². The Morgan fingerprint density at radius 1 is 1.40 bits per heavy atom. The summed E-state index contributed by atoms with van der Waals surface area (Å²) in [6, 6.07) is 8.11. The maximum absolute atomic E-state index is 11.2. The minimum atomic E-state index is -0.674. The lowest BCUT2D eigenvalue weighted by Gasteiger charge is -2.34. The van der Waals surface area contributed by atoms with Crippen LogP contribution in [0.1, 0.15) is 18.9 Å². The second-order valence-corrected chi connectivity index (χ2v) is 5.86. The minimum absolute atomic E-state index is 0.239. The van der Waals surface area contributed by atoms with Crippen molar-refractivity contribution < 1.29 is 14.3 Å². The molecule has 1 aliphatic rings. The highest BCUT2D eigenvalue weighted by atomic mass is 16.4. The van der Waals surface area contributed by atoms with Crippen LogP contribution in [0.2, 0.25) is 0 Å². The lowest BCUT2D eigenvalue weighted by atomic mass is 9.90. The lowest BCUT2D eigenvalue weighted by molar-refractivity contribution is -0.144. The molecule has 1 aliphatic heterocycles. The van der Waals surface area contributed by atoms with Crippen LogP contribution in [0.15, 0.2) is 34.9 Å². The van der Waals surface area contributed by atoms with Gasteiger partial charge >= 0.3 is 5.97 Å². The fourth-order valence-corrected chi connectivity index (χ4v) is 3.14. The number of carbonyl (C=O) groups is 1. The van der Waals surface area contributed by atoms with Gasteiger partial charge in [-0.15, -0.1) is 0 Å². The number of furan rings is 1. The summed E-state index contributed by atoms with van der Waals surface area (Å²) in [4.78, 5) is 13.4. The summed E-state index contributed by atoms with van der Waals surface area (Å²) in [5.41, 5.74) is 2.10. The van der Waals surface area contributed by atoms with Gasteiger partial charge in [-0.1, -0.05) is 13.0 Å². The Bertz CT molecular complexity index is 619. The molecule has 2 unspecified atom stereocenters. The van der Waals surface area contributed by atoms with Crippen molar-refractivity contribution in [2.24, 2.45) is 11.8 Å². The molecule has 1 saturated heterocycles. The van der Waals surface area contributed by atoms with Crippen molar-refractivity contribution >= 4 is 16.9 Å². The zero-order valence-electron chi connectivity index (χ0n) is 11.6. The number of carboxylic acid groups (broad SMARTS) is 1. The van der Waals surface area contributed by atoms with Crippen LogP contribution in [0.25, 0.3) is 11.0 Å². The third-order valence-corrected chi connectivity index (χ3v) is 4.01. The smallest absolute Gasteiger partial charge is 0.307 e. The van der Waals surface area contributed by atoms with Crippen molar-refractivity contribution in [3.63, 3.8) is 0 Å². The van der Waals surface area contributed by atoms with E-state index in [4.69, 9.17) is 4.42 Å². The Kier molecular flexibility index (Phi) is 3.49. The van der Waals surface area contributed by atoms with Crippen molar-refractivity contribution in [1.29, 1.82) is 0 Å². The van der Waals surface area contributed by atoms with Crippen LogP contribution in [0.4, 0.5) is 0 Å². The van der Waals surface area contributed by atoms with E-state index in [1.54, 1.807) is 6.26 Å². The molecule has 0 radical (unpaired) electrons. The topological polar surface area (TPSA) is 53.7 Å². The molecule has 2 heterocycles. The molecule has 1 N–H and O–H groups in total. The van der Waals surface area contributed by atoms with Crippen molar-refractivity contribution in [1.82, 2.24) is 4.90 Å². The molecule has 2 aromatic rings. The first-order valence-electron chi connectivity index (χ1n) is 7.03. The van der Waals surface area contributed by atoms with Crippen LogP contribution >= 0.6 is 0 Å². The number of fused-ring (bicyclic) bond motifs is 1. The number of rotatable bonds is 3. The fraction of sp³-hybridized carbons (Fsp3) is 0.438. The molecule has 4 heteroatoms. The average molecular weight is 273 g/mol. The first kappa shape index (κ1) is 13.2. The molecule has 3 rings (SSSR count). The number of likely N-dealkylation sites (tertiary alicyclic amines) is 1. The largest absolute Gasteiger partial charge is 0.481 e. The summed E-state index contributed by atoms with van der Waals surface area (Å²) in [6.07, 6.45) is 2.48. The highest BCUT2D eigenvalue weighted by Crippen LogP contribution is 2.24. The summed E-state index contributed by atoms with van der Waals surface area (Å²) >= 11 is 0. The van der Waals surface area contributed by atoms with Gasteiger partial charge in [0.2, 0.25) is 0 Å². The molecular formula is C16H19NO3. The summed E-state index contributed by atoms with van der Waals surface area (Å²) in [5, 5.41) is 10.3. The second-order valence-electron chi connectivity index (χ2n) is 5.86. The van der Waals surface area contributed by atoms with Gasteiger partial charge in [0.1, 0.15) is 5.58 Å². The molecule has 4 nitrogen and oxygen atoms in total. The predicted molar refractivity (Wildman–Crippen MR) is 76.4 cm³/mol. The van der Waals surface area contributed by atoms with E-state index < -0.39 is 5.97 Å². The Hall–Kier alpha value is -1.81. The maximum atomic E-state index is 11.2. The molecule has 1 aromatic heterocycles. The highest BCUT2D eigenvalue weighted by molar-refractivity contribution is 5.77. The number of aliphatic carboxylic acids is 1. The fourth-order valence-electron chi connectivity index (χ4n) is 3.14. The van der Waals surface area contributed by atoms with Crippen LogP contribution in [0.5, 0.6) is 0 Å². The van der Waals surface area contributed by atoms with Gasteiger partial charge in [-0.25, -0.2) is 0 Å². The van der Waals surface area contributed by atoms with E-state index in [0.717, 1.165) is 30.5 Å². The van der Waals surface area contributed by atoms with E-state index in [1.807, 2.05) is 12.1 Å². The first-order chi connectivity index (χ1) is 9.61. The quantitative estimate of drug-likeness (QED) is 0.934. The molecule has 1 fully saturated rings. The first-order valence-corrected chi connectivity index (χ1v) is 7.03. The molecule has 20 heavy (non-hydrogen) atoms. The number of piperidine rings is 1. The van der Waals surface area contributed by atoms with E-state index in [-0.39, 0.29) is 5.92 Å². The average Bonchev–Trinajstić information content (AvgIpc) is 2.85. The third-order valence-electron chi connectivity index (χ3n) is 4.01. The number of carboxylic acids is 1. The minimum Gasteiger partial charge on any atom is -0.481 e. The molecule has 0 aliphatic carbocycles. The van der Waals surface area contributed by atoms with Gasteiger partial charge < -0.3 is 9.52 Å².